The van der Waals surface area contributed by atoms with Gasteiger partial charge in [0.25, 0.3) is 0 Å². The maximum atomic E-state index is 12.3. The molecule has 0 amide bonds. The van der Waals surface area contributed by atoms with Crippen LogP contribution in [0.15, 0.2) is 48.8 Å². The summed E-state index contributed by atoms with van der Waals surface area (Å²) in [6.45, 7) is 11.0. The lowest BCUT2D eigenvalue weighted by Crippen LogP contribution is -2.21. The lowest BCUT2D eigenvalue weighted by Gasteiger charge is -2.17. The van der Waals surface area contributed by atoms with Crippen LogP contribution in [-0.4, -0.2) is 24.8 Å². The molecule has 0 spiro atoms. The van der Waals surface area contributed by atoms with Crippen LogP contribution in [0.5, 0.6) is 0 Å². The van der Waals surface area contributed by atoms with Crippen molar-refractivity contribution in [2.75, 3.05) is 6.61 Å². The van der Waals surface area contributed by atoms with Gasteiger partial charge in [-0.1, -0.05) is 96.7 Å². The first-order valence-corrected chi connectivity index (χ1v) is 13.8. The zero-order chi connectivity index (χ0) is 26.6. The van der Waals surface area contributed by atoms with Gasteiger partial charge in [-0.05, 0) is 55.2 Å². The summed E-state index contributed by atoms with van der Waals surface area (Å²) in [5.74, 6) is 0.311. The van der Waals surface area contributed by atoms with Crippen LogP contribution in [0.1, 0.15) is 122 Å². The fourth-order valence-electron chi connectivity index (χ4n) is 3.77. The van der Waals surface area contributed by atoms with Crippen molar-refractivity contribution in [3.63, 3.8) is 0 Å². The van der Waals surface area contributed by atoms with Crippen LogP contribution >= 0.6 is 0 Å². The predicted octanol–water partition coefficient (Wildman–Crippen LogP) is 8.99. The Morgan fingerprint density at radius 3 is 2.25 bits per heavy atom. The normalized spacial score (nSPS) is 13.3. The number of allylic oxidation sites excluding steroid dienone is 2. The van der Waals surface area contributed by atoms with Crippen molar-refractivity contribution in [1.29, 1.82) is 0 Å². The fraction of sp³-hybridized carbons (Fsp3) is 0.613. The van der Waals surface area contributed by atoms with E-state index in [4.69, 9.17) is 14.2 Å². The molecule has 0 radical (unpaired) electrons. The van der Waals surface area contributed by atoms with Crippen LogP contribution in [0, 0.1) is 0 Å². The minimum absolute atomic E-state index is 0.139. The zero-order valence-corrected chi connectivity index (χ0v) is 23.2. The third-order valence-electron chi connectivity index (χ3n) is 6.17. The third kappa shape index (κ3) is 14.8. The first-order valence-electron chi connectivity index (χ1n) is 13.8. The number of hydrogen-bond acceptors (Lipinski definition) is 5. The maximum absolute atomic E-state index is 12.3. The molecule has 36 heavy (non-hydrogen) atoms. The summed E-state index contributed by atoms with van der Waals surface area (Å²) < 4.78 is 16.0. The highest BCUT2D eigenvalue weighted by Gasteiger charge is 2.17. The Hall–Kier alpha value is -2.56. The van der Waals surface area contributed by atoms with E-state index in [0.717, 1.165) is 25.7 Å². The molecule has 0 saturated carbocycles. The molecule has 0 aromatic heterocycles. The van der Waals surface area contributed by atoms with Crippen LogP contribution in [0.3, 0.4) is 0 Å². The van der Waals surface area contributed by atoms with Crippen LogP contribution in [0.4, 0.5) is 4.79 Å². The average Bonchev–Trinajstić information content (AvgIpc) is 2.86. The van der Waals surface area contributed by atoms with Gasteiger partial charge >= 0.3 is 12.1 Å². The summed E-state index contributed by atoms with van der Waals surface area (Å²) in [5.41, 5.74) is 2.48. The summed E-state index contributed by atoms with van der Waals surface area (Å²) >= 11 is 0. The van der Waals surface area contributed by atoms with Crippen molar-refractivity contribution in [1.82, 2.24) is 0 Å². The van der Waals surface area contributed by atoms with Gasteiger partial charge in [-0.2, -0.15) is 0 Å². The van der Waals surface area contributed by atoms with E-state index in [2.05, 4.69) is 58.9 Å². The Balaban J connectivity index is 2.48. The van der Waals surface area contributed by atoms with Gasteiger partial charge in [0.2, 0.25) is 0 Å². The van der Waals surface area contributed by atoms with Crippen LogP contribution in [0.2, 0.25) is 0 Å². The van der Waals surface area contributed by atoms with Crippen LogP contribution < -0.4 is 0 Å². The molecule has 0 saturated heterocycles. The highest BCUT2D eigenvalue weighted by atomic mass is 16.7. The van der Waals surface area contributed by atoms with Crippen molar-refractivity contribution in [3.05, 3.63) is 59.9 Å². The first kappa shape index (κ1) is 31.5. The number of unbranched alkanes of at least 4 members (excludes halogenated alkanes) is 4. The van der Waals surface area contributed by atoms with Crippen molar-refractivity contribution in [2.45, 2.75) is 117 Å². The summed E-state index contributed by atoms with van der Waals surface area (Å²) in [6.07, 6.45) is 14.9. The number of rotatable bonds is 18. The Labute approximate surface area is 219 Å². The number of carbonyl (C=O) groups excluding carboxylic acids is 2. The Morgan fingerprint density at radius 1 is 0.889 bits per heavy atom. The fourth-order valence-corrected chi connectivity index (χ4v) is 3.77. The van der Waals surface area contributed by atoms with Gasteiger partial charge in [0.15, 0.2) is 0 Å². The quantitative estimate of drug-likeness (QED) is 0.0871. The molecule has 0 bridgehead atoms. The molecular formula is C31H48O5. The third-order valence-corrected chi connectivity index (χ3v) is 6.17. The molecule has 0 aliphatic heterocycles. The molecule has 1 aromatic carbocycles. The van der Waals surface area contributed by atoms with E-state index >= 15 is 0 Å². The van der Waals surface area contributed by atoms with E-state index in [1.165, 1.54) is 36.7 Å². The van der Waals surface area contributed by atoms with Gasteiger partial charge in [-0.3, -0.25) is 4.79 Å². The number of benzene rings is 1. The first-order chi connectivity index (χ1) is 17.4. The zero-order valence-electron chi connectivity index (χ0n) is 23.2. The molecular weight excluding hydrogens is 452 g/mol. The highest BCUT2D eigenvalue weighted by molar-refractivity contribution is 5.70. The molecule has 2 atom stereocenters. The molecule has 2 unspecified atom stereocenters. The summed E-state index contributed by atoms with van der Waals surface area (Å²) in [4.78, 5) is 24.4. The van der Waals surface area contributed by atoms with Gasteiger partial charge in [-0.25, -0.2) is 4.79 Å². The minimum atomic E-state index is -0.663. The molecule has 1 aromatic rings. The lowest BCUT2D eigenvalue weighted by atomic mass is 9.96. The Morgan fingerprint density at radius 2 is 1.58 bits per heavy atom. The predicted molar refractivity (Wildman–Crippen MR) is 147 cm³/mol. The maximum Gasteiger partial charge on any atom is 0.508 e. The lowest BCUT2D eigenvalue weighted by molar-refractivity contribution is -0.138. The Kier molecular flexibility index (Phi) is 17.1. The van der Waals surface area contributed by atoms with Gasteiger partial charge in [0.1, 0.15) is 6.10 Å². The van der Waals surface area contributed by atoms with Gasteiger partial charge in [-0.15, -0.1) is 0 Å². The topological polar surface area (TPSA) is 61.8 Å². The average molecular weight is 501 g/mol. The van der Waals surface area contributed by atoms with E-state index < -0.39 is 6.16 Å². The molecule has 1 rings (SSSR count). The summed E-state index contributed by atoms with van der Waals surface area (Å²) in [6, 6.07) is 8.53. The molecule has 0 aliphatic rings. The van der Waals surface area contributed by atoms with Crippen molar-refractivity contribution in [3.8, 4) is 0 Å². The smallest absolute Gasteiger partial charge is 0.435 e. The van der Waals surface area contributed by atoms with E-state index in [0.29, 0.717) is 25.4 Å². The SMILES string of the molecule is CC/C=C\CCOC(=O)OC(CCCCCCC)CCC(=O)OC=CC(C)c1ccc(C(C)C)cc1. The highest BCUT2D eigenvalue weighted by Crippen LogP contribution is 2.21. The second kappa shape index (κ2) is 19.6. The van der Waals surface area contributed by atoms with Gasteiger partial charge in [0, 0.05) is 12.3 Å². The van der Waals surface area contributed by atoms with Crippen LogP contribution in [0.25, 0.3) is 0 Å². The summed E-state index contributed by atoms with van der Waals surface area (Å²) in [5, 5.41) is 0. The molecule has 0 heterocycles. The minimum Gasteiger partial charge on any atom is -0.435 e. The van der Waals surface area contributed by atoms with Gasteiger partial charge < -0.3 is 14.2 Å². The number of esters is 1. The standard InChI is InChI=1S/C31H48O5/c1-6-8-10-12-13-15-29(36-31(33)35-23-14-11-9-7-2)20-21-30(32)34-24-22-26(5)28-18-16-27(17-19-28)25(3)4/h9,11,16-19,22,24-26,29H,6-8,10,12-15,20-21,23H2,1-5H3/b11-9-,24-22?. The second-order valence-corrected chi connectivity index (χ2v) is 9.68. The van der Waals surface area contributed by atoms with Crippen molar-refractivity contribution in [2.24, 2.45) is 0 Å². The van der Waals surface area contributed by atoms with Gasteiger partial charge in [0.05, 0.1) is 12.9 Å². The molecule has 5 nitrogen and oxygen atoms in total. The number of ether oxygens (including phenoxy) is 3. The number of carbonyl (C=O) groups is 2. The number of hydrogen-bond donors (Lipinski definition) is 0. The van der Waals surface area contributed by atoms with E-state index in [1.54, 1.807) is 0 Å². The molecule has 0 aliphatic carbocycles. The second-order valence-electron chi connectivity index (χ2n) is 9.68. The monoisotopic (exact) mass is 500 g/mol. The summed E-state index contributed by atoms with van der Waals surface area (Å²) in [7, 11) is 0. The van der Waals surface area contributed by atoms with Crippen LogP contribution in [-0.2, 0) is 19.0 Å². The molecule has 5 heteroatoms. The van der Waals surface area contributed by atoms with E-state index in [9.17, 15) is 9.59 Å². The Bertz CT molecular complexity index is 779. The molecule has 202 valence electrons. The largest absolute Gasteiger partial charge is 0.508 e. The molecule has 0 fully saturated rings. The van der Waals surface area contributed by atoms with E-state index in [1.807, 2.05) is 18.2 Å². The van der Waals surface area contributed by atoms with Crippen molar-refractivity contribution < 1.29 is 23.8 Å². The van der Waals surface area contributed by atoms with Crippen molar-refractivity contribution >= 4 is 12.1 Å². The van der Waals surface area contributed by atoms with E-state index in [-0.39, 0.29) is 24.4 Å². The molecule has 0 N–H and O–H groups in total.